The summed E-state index contributed by atoms with van der Waals surface area (Å²) in [4.78, 5) is 2.31. The summed E-state index contributed by atoms with van der Waals surface area (Å²) < 4.78 is 37.0. The van der Waals surface area contributed by atoms with Crippen LogP contribution in [-0.4, -0.2) is 58.5 Å². The van der Waals surface area contributed by atoms with Crippen molar-refractivity contribution in [1.29, 1.82) is 0 Å². The van der Waals surface area contributed by atoms with E-state index < -0.39 is 10.0 Å². The third-order valence-electron chi connectivity index (χ3n) is 5.19. The number of rotatable bonds is 11. The molecule has 0 unspecified atom stereocenters. The smallest absolute Gasteiger partial charge is 0.208 e. The van der Waals surface area contributed by atoms with Gasteiger partial charge < -0.3 is 9.47 Å². The van der Waals surface area contributed by atoms with E-state index in [1.54, 1.807) is 0 Å². The molecule has 30 heavy (non-hydrogen) atoms. The molecule has 0 aliphatic carbocycles. The zero-order valence-corrected chi connectivity index (χ0v) is 18.4. The second-order valence-electron chi connectivity index (χ2n) is 7.76. The third-order valence-corrected chi connectivity index (χ3v) is 5.95. The van der Waals surface area contributed by atoms with Crippen molar-refractivity contribution >= 4 is 10.0 Å². The molecule has 7 heteroatoms. The maximum Gasteiger partial charge on any atom is 0.208 e. The highest BCUT2D eigenvalue weighted by Crippen LogP contribution is 2.18. The summed E-state index contributed by atoms with van der Waals surface area (Å²) in [6, 6.07) is 18.3. The molecule has 0 amide bonds. The van der Waals surface area contributed by atoms with E-state index in [4.69, 9.17) is 9.47 Å². The summed E-state index contributed by atoms with van der Waals surface area (Å²) in [5, 5.41) is 0. The van der Waals surface area contributed by atoms with E-state index in [9.17, 15) is 8.42 Å². The maximum absolute atomic E-state index is 11.3. The molecule has 2 aromatic carbocycles. The number of ether oxygens (including phenoxy) is 2. The molecule has 3 rings (SSSR count). The molecular formula is C23H32N2O4S. The Morgan fingerprint density at radius 1 is 0.933 bits per heavy atom. The zero-order valence-electron chi connectivity index (χ0n) is 17.6. The van der Waals surface area contributed by atoms with Crippen LogP contribution in [0.1, 0.15) is 24.8 Å². The van der Waals surface area contributed by atoms with Crippen LogP contribution in [0, 0.1) is 0 Å². The van der Waals surface area contributed by atoms with Gasteiger partial charge in [0.25, 0.3) is 0 Å². The van der Waals surface area contributed by atoms with Gasteiger partial charge in [-0.25, -0.2) is 13.1 Å². The van der Waals surface area contributed by atoms with Crippen molar-refractivity contribution in [3.05, 3.63) is 60.2 Å². The van der Waals surface area contributed by atoms with Crippen LogP contribution in [0.3, 0.4) is 0 Å². The van der Waals surface area contributed by atoms with Crippen LogP contribution in [0.2, 0.25) is 0 Å². The minimum absolute atomic E-state index is 0.0532. The highest BCUT2D eigenvalue weighted by Gasteiger charge is 2.21. The molecule has 1 N–H and O–H groups in total. The van der Waals surface area contributed by atoms with Gasteiger partial charge in [-0.3, -0.25) is 4.90 Å². The van der Waals surface area contributed by atoms with E-state index in [0.29, 0.717) is 13.2 Å². The van der Waals surface area contributed by atoms with Crippen molar-refractivity contribution in [2.75, 3.05) is 39.1 Å². The first-order chi connectivity index (χ1) is 14.5. The van der Waals surface area contributed by atoms with Gasteiger partial charge in [-0.2, -0.15) is 0 Å². The predicted molar refractivity (Wildman–Crippen MR) is 120 cm³/mol. The molecule has 1 aliphatic heterocycles. The van der Waals surface area contributed by atoms with E-state index in [-0.39, 0.29) is 6.04 Å². The topological polar surface area (TPSA) is 67.9 Å². The molecule has 0 bridgehead atoms. The van der Waals surface area contributed by atoms with Gasteiger partial charge in [0, 0.05) is 12.6 Å². The second-order valence-corrected chi connectivity index (χ2v) is 9.54. The van der Waals surface area contributed by atoms with E-state index >= 15 is 0 Å². The minimum atomic E-state index is -3.12. The molecule has 1 saturated heterocycles. The fourth-order valence-electron chi connectivity index (χ4n) is 3.61. The van der Waals surface area contributed by atoms with Crippen molar-refractivity contribution in [2.45, 2.75) is 31.7 Å². The monoisotopic (exact) mass is 432 g/mol. The third kappa shape index (κ3) is 8.34. The number of nitrogens with zero attached hydrogens (tertiary/aromatic N) is 1. The first-order valence-electron chi connectivity index (χ1n) is 10.6. The predicted octanol–water partition coefficient (Wildman–Crippen LogP) is 3.09. The van der Waals surface area contributed by atoms with Crippen molar-refractivity contribution in [3.63, 3.8) is 0 Å². The fourth-order valence-corrected chi connectivity index (χ4v) is 4.45. The van der Waals surface area contributed by atoms with Gasteiger partial charge in [0.1, 0.15) is 18.1 Å². The normalized spacial score (nSPS) is 15.8. The summed E-state index contributed by atoms with van der Waals surface area (Å²) in [5.41, 5.74) is 1.33. The first-order valence-corrected chi connectivity index (χ1v) is 12.5. The van der Waals surface area contributed by atoms with Crippen LogP contribution < -0.4 is 14.2 Å². The molecule has 0 spiro atoms. The number of hydrogen-bond acceptors (Lipinski definition) is 5. The lowest BCUT2D eigenvalue weighted by Gasteiger charge is -2.31. The number of likely N-dealkylation sites (tertiary alicyclic amines) is 1. The van der Waals surface area contributed by atoms with Crippen molar-refractivity contribution in [2.24, 2.45) is 0 Å². The van der Waals surface area contributed by atoms with E-state index in [2.05, 4.69) is 33.9 Å². The molecule has 0 atom stereocenters. The molecule has 6 nitrogen and oxygen atoms in total. The van der Waals surface area contributed by atoms with Gasteiger partial charge in [-0.15, -0.1) is 0 Å². The van der Waals surface area contributed by atoms with Crippen molar-refractivity contribution < 1.29 is 17.9 Å². The summed E-state index contributed by atoms with van der Waals surface area (Å²) >= 11 is 0. The van der Waals surface area contributed by atoms with Crippen LogP contribution >= 0.6 is 0 Å². The summed E-state index contributed by atoms with van der Waals surface area (Å²) in [7, 11) is -3.12. The van der Waals surface area contributed by atoms with E-state index in [0.717, 1.165) is 56.8 Å². The van der Waals surface area contributed by atoms with Gasteiger partial charge in [0.15, 0.2) is 0 Å². The molecule has 2 aromatic rings. The fraction of sp³-hybridized carbons (Fsp3) is 0.478. The lowest BCUT2D eigenvalue weighted by atomic mass is 10.1. The molecule has 164 valence electrons. The number of sulfonamides is 1. The molecule has 1 aliphatic rings. The number of piperidine rings is 1. The van der Waals surface area contributed by atoms with E-state index in [1.165, 1.54) is 11.8 Å². The maximum atomic E-state index is 11.3. The Kier molecular flexibility index (Phi) is 8.54. The summed E-state index contributed by atoms with van der Waals surface area (Å²) in [5.74, 6) is 1.69. The highest BCUT2D eigenvalue weighted by molar-refractivity contribution is 7.88. The van der Waals surface area contributed by atoms with Crippen LogP contribution in [0.4, 0.5) is 0 Å². The van der Waals surface area contributed by atoms with Crippen LogP contribution in [0.25, 0.3) is 0 Å². The van der Waals surface area contributed by atoms with Crippen LogP contribution in [0.5, 0.6) is 11.5 Å². The van der Waals surface area contributed by atoms with Gasteiger partial charge in [-0.05, 0) is 68.6 Å². The van der Waals surface area contributed by atoms with Crippen molar-refractivity contribution in [1.82, 2.24) is 9.62 Å². The first kappa shape index (κ1) is 22.6. The number of aryl methyl sites for hydroxylation is 1. The highest BCUT2D eigenvalue weighted by atomic mass is 32.2. The Balaban J connectivity index is 1.28. The summed E-state index contributed by atoms with van der Waals surface area (Å²) in [6.07, 6.45) is 4.89. The van der Waals surface area contributed by atoms with Gasteiger partial charge >= 0.3 is 0 Å². The van der Waals surface area contributed by atoms with Crippen molar-refractivity contribution in [3.8, 4) is 11.5 Å². The SMILES string of the molecule is CS(=O)(=O)NC1CCN(CCOc2ccc(OCCCc3ccccc3)cc2)CC1. The largest absolute Gasteiger partial charge is 0.494 e. The van der Waals surface area contributed by atoms with Gasteiger partial charge in [-0.1, -0.05) is 30.3 Å². The average molecular weight is 433 g/mol. The second kappa shape index (κ2) is 11.3. The number of nitrogens with one attached hydrogen (secondary N) is 1. The molecule has 0 radical (unpaired) electrons. The Morgan fingerprint density at radius 3 is 2.13 bits per heavy atom. The standard InChI is InChI=1S/C23H32N2O4S/c1-30(26,27)24-21-13-15-25(16-14-21)17-19-29-23-11-9-22(10-12-23)28-18-5-8-20-6-3-2-4-7-20/h2-4,6-7,9-12,21,24H,5,8,13-19H2,1H3. The average Bonchev–Trinajstić information content (AvgIpc) is 2.73. The quantitative estimate of drug-likeness (QED) is 0.553. The van der Waals surface area contributed by atoms with Crippen LogP contribution in [0.15, 0.2) is 54.6 Å². The Morgan fingerprint density at radius 2 is 1.53 bits per heavy atom. The number of benzene rings is 2. The lowest BCUT2D eigenvalue weighted by Crippen LogP contribution is -2.45. The molecular weight excluding hydrogens is 400 g/mol. The van der Waals surface area contributed by atoms with Gasteiger partial charge in [0.05, 0.1) is 12.9 Å². The van der Waals surface area contributed by atoms with Crippen LogP contribution in [-0.2, 0) is 16.4 Å². The Hall–Kier alpha value is -2.09. The van der Waals surface area contributed by atoms with Gasteiger partial charge in [0.2, 0.25) is 10.0 Å². The molecule has 0 aromatic heterocycles. The zero-order chi connectivity index (χ0) is 21.2. The molecule has 1 heterocycles. The minimum Gasteiger partial charge on any atom is -0.494 e. The molecule has 0 saturated carbocycles. The summed E-state index contributed by atoms with van der Waals surface area (Å²) in [6.45, 7) is 3.91. The lowest BCUT2D eigenvalue weighted by molar-refractivity contribution is 0.170. The molecule has 1 fully saturated rings. The number of hydrogen-bond donors (Lipinski definition) is 1. The Labute approximate surface area is 180 Å². The Bertz CT molecular complexity index is 849. The van der Waals surface area contributed by atoms with E-state index in [1.807, 2.05) is 30.3 Å².